The molecular formula is C19H18N4O2. The molecule has 1 heterocycles. The number of aromatic nitrogens is 2. The minimum absolute atomic E-state index is 0.391. The number of imidazole rings is 1. The van der Waals surface area contributed by atoms with E-state index in [1.165, 1.54) is 6.08 Å². The molecule has 6 heteroatoms. The van der Waals surface area contributed by atoms with Crippen LogP contribution in [0.5, 0.6) is 0 Å². The third-order valence-corrected chi connectivity index (χ3v) is 3.63. The minimum Gasteiger partial charge on any atom is -0.336 e. The van der Waals surface area contributed by atoms with Crippen LogP contribution in [-0.4, -0.2) is 28.0 Å². The van der Waals surface area contributed by atoms with Crippen molar-refractivity contribution >= 4 is 29.0 Å². The lowest BCUT2D eigenvalue weighted by Crippen LogP contribution is -2.39. The number of hydrogen-bond acceptors (Lipinski definition) is 3. The van der Waals surface area contributed by atoms with Gasteiger partial charge in [0.05, 0.1) is 17.4 Å². The van der Waals surface area contributed by atoms with Crippen LogP contribution in [-0.2, 0) is 11.3 Å². The third kappa shape index (κ3) is 4.54. The molecule has 0 bridgehead atoms. The first kappa shape index (κ1) is 16.4. The van der Waals surface area contributed by atoms with Gasteiger partial charge in [-0.25, -0.2) is 9.78 Å². The number of nitrogens with zero attached hydrogens (tertiary/aromatic N) is 2. The Kier molecular flexibility index (Phi) is 5.21. The minimum atomic E-state index is -0.521. The molecule has 0 aliphatic heterocycles. The molecule has 3 amide bonds. The summed E-state index contributed by atoms with van der Waals surface area (Å²) in [7, 11) is 0. The molecule has 6 nitrogen and oxygen atoms in total. The molecule has 0 radical (unpaired) electrons. The van der Waals surface area contributed by atoms with E-state index in [9.17, 15) is 9.59 Å². The molecule has 0 spiro atoms. The number of urea groups is 1. The highest BCUT2D eigenvalue weighted by Crippen LogP contribution is 2.10. The van der Waals surface area contributed by atoms with Crippen LogP contribution in [0.15, 0.2) is 67.0 Å². The average Bonchev–Trinajstić information content (AvgIpc) is 3.04. The average molecular weight is 334 g/mol. The van der Waals surface area contributed by atoms with Crippen LogP contribution in [0.2, 0.25) is 0 Å². The Labute approximate surface area is 145 Å². The standard InChI is InChI=1S/C19H18N4O2/c24-18(11-10-15-6-2-1-3-7-15)22-19(25)20-12-13-23-14-21-16-8-4-5-9-17(16)23/h1-11,14H,12-13H2,(H2,20,22,24,25). The molecule has 0 fully saturated rings. The highest BCUT2D eigenvalue weighted by atomic mass is 16.2. The number of carbonyl (C=O) groups excluding carboxylic acids is 2. The second-order valence-corrected chi connectivity index (χ2v) is 5.42. The van der Waals surface area contributed by atoms with Crippen molar-refractivity contribution < 1.29 is 9.59 Å². The monoisotopic (exact) mass is 334 g/mol. The van der Waals surface area contributed by atoms with Gasteiger partial charge in [0.25, 0.3) is 5.91 Å². The first-order valence-corrected chi connectivity index (χ1v) is 7.94. The van der Waals surface area contributed by atoms with E-state index in [1.54, 1.807) is 12.4 Å². The third-order valence-electron chi connectivity index (χ3n) is 3.63. The number of imide groups is 1. The van der Waals surface area contributed by atoms with E-state index in [0.717, 1.165) is 16.6 Å². The van der Waals surface area contributed by atoms with Gasteiger partial charge in [-0.3, -0.25) is 10.1 Å². The van der Waals surface area contributed by atoms with E-state index in [-0.39, 0.29) is 0 Å². The second kappa shape index (κ2) is 7.92. The van der Waals surface area contributed by atoms with E-state index >= 15 is 0 Å². The largest absolute Gasteiger partial charge is 0.336 e. The summed E-state index contributed by atoms with van der Waals surface area (Å²) < 4.78 is 1.95. The van der Waals surface area contributed by atoms with Crippen molar-refractivity contribution in [2.24, 2.45) is 0 Å². The van der Waals surface area contributed by atoms with Gasteiger partial charge in [0.2, 0.25) is 0 Å². The lowest BCUT2D eigenvalue weighted by molar-refractivity contribution is -0.115. The van der Waals surface area contributed by atoms with Gasteiger partial charge in [0, 0.05) is 19.2 Å². The molecule has 126 valence electrons. The summed E-state index contributed by atoms with van der Waals surface area (Å²) in [6.07, 6.45) is 4.72. The van der Waals surface area contributed by atoms with Crippen molar-refractivity contribution in [1.29, 1.82) is 0 Å². The summed E-state index contributed by atoms with van der Waals surface area (Å²) in [6, 6.07) is 16.7. The molecule has 3 aromatic rings. The van der Waals surface area contributed by atoms with Crippen molar-refractivity contribution in [3.05, 3.63) is 72.6 Å². The van der Waals surface area contributed by atoms with Gasteiger partial charge in [-0.05, 0) is 23.8 Å². The maximum Gasteiger partial charge on any atom is 0.321 e. The highest BCUT2D eigenvalue weighted by molar-refractivity contribution is 6.02. The van der Waals surface area contributed by atoms with Crippen LogP contribution < -0.4 is 10.6 Å². The first-order valence-electron chi connectivity index (χ1n) is 7.94. The molecule has 0 saturated heterocycles. The molecule has 2 N–H and O–H groups in total. The Hall–Kier alpha value is -3.41. The number of fused-ring (bicyclic) bond motifs is 1. The van der Waals surface area contributed by atoms with Crippen molar-refractivity contribution in [2.75, 3.05) is 6.54 Å². The van der Waals surface area contributed by atoms with Gasteiger partial charge in [-0.15, -0.1) is 0 Å². The number of hydrogen-bond donors (Lipinski definition) is 2. The molecule has 0 aliphatic rings. The van der Waals surface area contributed by atoms with Crippen LogP contribution >= 0.6 is 0 Å². The summed E-state index contributed by atoms with van der Waals surface area (Å²) in [5.74, 6) is -0.463. The van der Waals surface area contributed by atoms with E-state index in [4.69, 9.17) is 0 Å². The zero-order valence-electron chi connectivity index (χ0n) is 13.6. The first-order chi connectivity index (χ1) is 12.2. The smallest absolute Gasteiger partial charge is 0.321 e. The molecule has 0 unspecified atom stereocenters. The number of rotatable bonds is 5. The van der Waals surface area contributed by atoms with Gasteiger partial charge in [0.1, 0.15) is 0 Å². The molecule has 1 aromatic heterocycles. The molecule has 25 heavy (non-hydrogen) atoms. The van der Waals surface area contributed by atoms with Crippen molar-refractivity contribution in [2.45, 2.75) is 6.54 Å². The van der Waals surface area contributed by atoms with Gasteiger partial charge >= 0.3 is 6.03 Å². The zero-order chi connectivity index (χ0) is 17.5. The van der Waals surface area contributed by atoms with E-state index < -0.39 is 11.9 Å². The fourth-order valence-corrected chi connectivity index (χ4v) is 2.41. The van der Waals surface area contributed by atoms with Crippen molar-refractivity contribution in [3.8, 4) is 0 Å². The van der Waals surface area contributed by atoms with Crippen molar-refractivity contribution in [1.82, 2.24) is 20.2 Å². The maximum atomic E-state index is 11.8. The van der Waals surface area contributed by atoms with Crippen LogP contribution in [0, 0.1) is 0 Å². The van der Waals surface area contributed by atoms with E-state index in [2.05, 4.69) is 15.6 Å². The second-order valence-electron chi connectivity index (χ2n) is 5.42. The fraction of sp³-hybridized carbons (Fsp3) is 0.105. The molecular weight excluding hydrogens is 316 g/mol. The number of amides is 3. The predicted molar refractivity (Wildman–Crippen MR) is 96.8 cm³/mol. The normalized spacial score (nSPS) is 10.9. The lowest BCUT2D eigenvalue weighted by Gasteiger charge is -2.07. The summed E-state index contributed by atoms with van der Waals surface area (Å²) >= 11 is 0. The summed E-state index contributed by atoms with van der Waals surface area (Å²) in [6.45, 7) is 0.962. The topological polar surface area (TPSA) is 76.0 Å². The van der Waals surface area contributed by atoms with Crippen LogP contribution in [0.25, 0.3) is 17.1 Å². The van der Waals surface area contributed by atoms with Crippen LogP contribution in [0.1, 0.15) is 5.56 Å². The quantitative estimate of drug-likeness (QED) is 0.704. The number of para-hydroxylation sites is 2. The number of carbonyl (C=O) groups is 2. The lowest BCUT2D eigenvalue weighted by atomic mass is 10.2. The zero-order valence-corrected chi connectivity index (χ0v) is 13.6. The van der Waals surface area contributed by atoms with Gasteiger partial charge in [-0.2, -0.15) is 0 Å². The number of benzene rings is 2. The van der Waals surface area contributed by atoms with E-state index in [1.807, 2.05) is 59.2 Å². The van der Waals surface area contributed by atoms with E-state index in [0.29, 0.717) is 13.1 Å². The summed E-state index contributed by atoms with van der Waals surface area (Å²) in [5, 5.41) is 4.93. The van der Waals surface area contributed by atoms with Crippen LogP contribution in [0.4, 0.5) is 4.79 Å². The van der Waals surface area contributed by atoms with Gasteiger partial charge < -0.3 is 9.88 Å². The highest BCUT2D eigenvalue weighted by Gasteiger charge is 2.05. The Morgan fingerprint density at radius 3 is 2.64 bits per heavy atom. The Bertz CT molecular complexity index is 900. The fourth-order valence-electron chi connectivity index (χ4n) is 2.41. The Morgan fingerprint density at radius 2 is 1.80 bits per heavy atom. The maximum absolute atomic E-state index is 11.8. The SMILES string of the molecule is O=C(C=Cc1ccccc1)NC(=O)NCCn1cnc2ccccc21. The molecule has 0 saturated carbocycles. The summed E-state index contributed by atoms with van der Waals surface area (Å²) in [4.78, 5) is 27.8. The van der Waals surface area contributed by atoms with Gasteiger partial charge in [0.15, 0.2) is 0 Å². The Morgan fingerprint density at radius 1 is 1.04 bits per heavy atom. The van der Waals surface area contributed by atoms with Crippen LogP contribution in [0.3, 0.4) is 0 Å². The van der Waals surface area contributed by atoms with Crippen molar-refractivity contribution in [3.63, 3.8) is 0 Å². The molecule has 0 aliphatic carbocycles. The molecule has 2 aromatic carbocycles. The summed E-state index contributed by atoms with van der Waals surface area (Å²) in [5.41, 5.74) is 2.81. The molecule has 3 rings (SSSR count). The van der Waals surface area contributed by atoms with Gasteiger partial charge in [-0.1, -0.05) is 42.5 Å². The predicted octanol–water partition coefficient (Wildman–Crippen LogP) is 2.58. The Balaban J connectivity index is 1.45. The molecule has 0 atom stereocenters. The number of nitrogens with one attached hydrogen (secondary N) is 2.